The van der Waals surface area contributed by atoms with Crippen molar-refractivity contribution in [1.29, 1.82) is 0 Å². The van der Waals surface area contributed by atoms with Crippen LogP contribution in [0.25, 0.3) is 11.3 Å². The van der Waals surface area contributed by atoms with Crippen LogP contribution in [-0.4, -0.2) is 74.7 Å². The zero-order valence-corrected chi connectivity index (χ0v) is 18.6. The fourth-order valence-corrected chi connectivity index (χ4v) is 4.53. The molecule has 0 N–H and O–H groups in total. The first-order chi connectivity index (χ1) is 16.2. The van der Waals surface area contributed by atoms with Gasteiger partial charge < -0.3 is 9.80 Å². The topological polar surface area (TPSA) is 70.4 Å². The molecule has 0 aliphatic carbocycles. The Labute approximate surface area is 192 Å². The predicted molar refractivity (Wildman–Crippen MR) is 123 cm³/mol. The van der Waals surface area contributed by atoms with Gasteiger partial charge in [-0.3, -0.25) is 19.4 Å². The summed E-state index contributed by atoms with van der Waals surface area (Å²) < 4.78 is 15.1. The fourth-order valence-electron chi connectivity index (χ4n) is 4.53. The number of carbonyl (C=O) groups excluding carboxylic acids is 1. The molecule has 0 atom stereocenters. The summed E-state index contributed by atoms with van der Waals surface area (Å²) >= 11 is 0. The molecule has 3 aromatic rings. The van der Waals surface area contributed by atoms with E-state index in [0.717, 1.165) is 81.3 Å². The van der Waals surface area contributed by atoms with Gasteiger partial charge in [-0.15, -0.1) is 0 Å². The molecule has 4 heterocycles. The molecule has 9 heteroatoms. The van der Waals surface area contributed by atoms with E-state index < -0.39 is 0 Å². The minimum Gasteiger partial charge on any atom is -0.352 e. The average Bonchev–Trinajstić information content (AvgIpc) is 3.53. The second kappa shape index (κ2) is 9.66. The molecule has 0 saturated carbocycles. The van der Waals surface area contributed by atoms with Crippen molar-refractivity contribution < 1.29 is 9.18 Å². The Balaban J connectivity index is 1.17. The third-order valence-corrected chi connectivity index (χ3v) is 6.32. The standard InChI is InChI=1S/C24H28FN7O/c25-21-5-3-20(4-6-21)23-24(27-8-7-26-23)31-13-11-29(12-14-31)16-19-15-28-32(17-19)18-22(33)30-9-1-2-10-30/h3-8,15,17H,1-2,9-14,16,18H2. The zero-order chi connectivity index (χ0) is 22.6. The van der Waals surface area contributed by atoms with Gasteiger partial charge in [-0.1, -0.05) is 0 Å². The highest BCUT2D eigenvalue weighted by atomic mass is 19.1. The Morgan fingerprint density at radius 3 is 2.42 bits per heavy atom. The van der Waals surface area contributed by atoms with E-state index in [1.807, 2.05) is 17.3 Å². The summed E-state index contributed by atoms with van der Waals surface area (Å²) in [6.45, 7) is 6.28. The van der Waals surface area contributed by atoms with Crippen molar-refractivity contribution in [2.45, 2.75) is 25.9 Å². The molecular weight excluding hydrogens is 421 g/mol. The first kappa shape index (κ1) is 21.5. The van der Waals surface area contributed by atoms with Crippen LogP contribution in [0.2, 0.25) is 0 Å². The average molecular weight is 450 g/mol. The van der Waals surface area contributed by atoms with Crippen LogP contribution in [0.1, 0.15) is 18.4 Å². The van der Waals surface area contributed by atoms with E-state index in [4.69, 9.17) is 0 Å². The second-order valence-electron chi connectivity index (χ2n) is 8.63. The molecule has 2 saturated heterocycles. The Hall–Kier alpha value is -3.33. The van der Waals surface area contributed by atoms with Gasteiger partial charge in [0, 0.05) is 75.5 Å². The Morgan fingerprint density at radius 2 is 1.67 bits per heavy atom. The number of aromatic nitrogens is 4. The molecule has 0 unspecified atom stereocenters. The van der Waals surface area contributed by atoms with Gasteiger partial charge >= 0.3 is 0 Å². The molecule has 0 spiro atoms. The SMILES string of the molecule is O=C(Cn1cc(CN2CCN(c3nccnc3-c3ccc(F)cc3)CC2)cn1)N1CCCC1. The summed E-state index contributed by atoms with van der Waals surface area (Å²) in [4.78, 5) is 28.0. The van der Waals surface area contributed by atoms with Gasteiger partial charge in [0.15, 0.2) is 5.82 Å². The first-order valence-electron chi connectivity index (χ1n) is 11.5. The maximum Gasteiger partial charge on any atom is 0.244 e. The fraction of sp³-hybridized carbons (Fsp3) is 0.417. The van der Waals surface area contributed by atoms with Crippen LogP contribution in [-0.2, 0) is 17.9 Å². The Kier molecular flexibility index (Phi) is 6.30. The normalized spacial score (nSPS) is 17.0. The molecule has 33 heavy (non-hydrogen) atoms. The minimum atomic E-state index is -0.262. The van der Waals surface area contributed by atoms with Crippen LogP contribution in [0.5, 0.6) is 0 Å². The third kappa shape index (κ3) is 5.03. The van der Waals surface area contributed by atoms with E-state index >= 15 is 0 Å². The number of carbonyl (C=O) groups is 1. The number of amides is 1. The summed E-state index contributed by atoms with van der Waals surface area (Å²) in [6.07, 6.45) is 9.41. The molecule has 2 aliphatic heterocycles. The molecule has 0 radical (unpaired) electrons. The molecular formula is C24H28FN7O. The van der Waals surface area contributed by atoms with Gasteiger partial charge in [-0.05, 0) is 37.1 Å². The van der Waals surface area contributed by atoms with Gasteiger partial charge in [-0.25, -0.2) is 9.37 Å². The van der Waals surface area contributed by atoms with Crippen molar-refractivity contribution in [1.82, 2.24) is 29.5 Å². The van der Waals surface area contributed by atoms with E-state index in [1.54, 1.807) is 29.2 Å². The maximum absolute atomic E-state index is 13.3. The lowest BCUT2D eigenvalue weighted by molar-refractivity contribution is -0.130. The van der Waals surface area contributed by atoms with Crippen LogP contribution in [0.15, 0.2) is 49.1 Å². The van der Waals surface area contributed by atoms with E-state index in [0.29, 0.717) is 6.54 Å². The molecule has 5 rings (SSSR count). The largest absolute Gasteiger partial charge is 0.352 e. The summed E-state index contributed by atoms with van der Waals surface area (Å²) in [5.41, 5.74) is 2.75. The Bertz CT molecular complexity index is 1090. The molecule has 2 fully saturated rings. The molecule has 172 valence electrons. The molecule has 2 aliphatic rings. The van der Waals surface area contributed by atoms with E-state index in [2.05, 4.69) is 24.9 Å². The van der Waals surface area contributed by atoms with Crippen molar-refractivity contribution in [2.24, 2.45) is 0 Å². The molecule has 8 nitrogen and oxygen atoms in total. The highest BCUT2D eigenvalue weighted by molar-refractivity contribution is 5.76. The first-order valence-corrected chi connectivity index (χ1v) is 11.5. The van der Waals surface area contributed by atoms with E-state index in [9.17, 15) is 9.18 Å². The highest BCUT2D eigenvalue weighted by Crippen LogP contribution is 2.27. The number of piperazine rings is 1. The number of hydrogen-bond donors (Lipinski definition) is 0. The van der Waals surface area contributed by atoms with Crippen LogP contribution in [0, 0.1) is 5.82 Å². The third-order valence-electron chi connectivity index (χ3n) is 6.32. The van der Waals surface area contributed by atoms with Crippen molar-refractivity contribution >= 4 is 11.7 Å². The van der Waals surface area contributed by atoms with Gasteiger partial charge in [0.05, 0.1) is 6.20 Å². The number of nitrogens with zero attached hydrogens (tertiary/aromatic N) is 7. The van der Waals surface area contributed by atoms with Crippen molar-refractivity contribution in [3.05, 3.63) is 60.4 Å². The van der Waals surface area contributed by atoms with Crippen LogP contribution >= 0.6 is 0 Å². The monoisotopic (exact) mass is 449 g/mol. The number of hydrogen-bond acceptors (Lipinski definition) is 6. The van der Waals surface area contributed by atoms with Gasteiger partial charge in [-0.2, -0.15) is 5.10 Å². The molecule has 0 bridgehead atoms. The van der Waals surface area contributed by atoms with Gasteiger partial charge in [0.2, 0.25) is 5.91 Å². The minimum absolute atomic E-state index is 0.150. The van der Waals surface area contributed by atoms with Gasteiger partial charge in [0.1, 0.15) is 18.1 Å². The predicted octanol–water partition coefficient (Wildman–Crippen LogP) is 2.42. The maximum atomic E-state index is 13.3. The number of rotatable bonds is 6. The summed E-state index contributed by atoms with van der Waals surface area (Å²) in [5.74, 6) is 0.718. The quantitative estimate of drug-likeness (QED) is 0.576. The van der Waals surface area contributed by atoms with Crippen molar-refractivity contribution in [3.8, 4) is 11.3 Å². The highest BCUT2D eigenvalue weighted by Gasteiger charge is 2.22. The number of anilines is 1. The molecule has 1 aromatic carbocycles. The number of likely N-dealkylation sites (tertiary alicyclic amines) is 1. The number of benzene rings is 1. The lowest BCUT2D eigenvalue weighted by Crippen LogP contribution is -2.46. The summed E-state index contributed by atoms with van der Waals surface area (Å²) in [6, 6.07) is 6.38. The summed E-state index contributed by atoms with van der Waals surface area (Å²) in [5, 5.41) is 4.39. The molecule has 2 aromatic heterocycles. The van der Waals surface area contributed by atoms with Crippen molar-refractivity contribution in [2.75, 3.05) is 44.2 Å². The van der Waals surface area contributed by atoms with Gasteiger partial charge in [0.25, 0.3) is 0 Å². The van der Waals surface area contributed by atoms with Crippen molar-refractivity contribution in [3.63, 3.8) is 0 Å². The number of halogens is 1. The molecule has 1 amide bonds. The lowest BCUT2D eigenvalue weighted by Gasteiger charge is -2.35. The lowest BCUT2D eigenvalue weighted by atomic mass is 10.1. The smallest absolute Gasteiger partial charge is 0.244 e. The summed E-state index contributed by atoms with van der Waals surface area (Å²) in [7, 11) is 0. The Morgan fingerprint density at radius 1 is 0.939 bits per heavy atom. The van der Waals surface area contributed by atoms with E-state index in [1.165, 1.54) is 12.1 Å². The van der Waals surface area contributed by atoms with Crippen LogP contribution in [0.4, 0.5) is 10.2 Å². The zero-order valence-electron chi connectivity index (χ0n) is 18.6. The van der Waals surface area contributed by atoms with Crippen LogP contribution < -0.4 is 4.90 Å². The second-order valence-corrected chi connectivity index (χ2v) is 8.63. The van der Waals surface area contributed by atoms with Crippen LogP contribution in [0.3, 0.4) is 0 Å². The van der Waals surface area contributed by atoms with E-state index in [-0.39, 0.29) is 11.7 Å².